The zero-order valence-corrected chi connectivity index (χ0v) is 23.8. The molecule has 9 atom stereocenters. The highest BCUT2D eigenvalue weighted by Gasteiger charge is 2.59. The van der Waals surface area contributed by atoms with Crippen molar-refractivity contribution >= 4 is 21.9 Å². The van der Waals surface area contributed by atoms with E-state index in [0.29, 0.717) is 10.8 Å². The van der Waals surface area contributed by atoms with Gasteiger partial charge in [0.2, 0.25) is 0 Å². The van der Waals surface area contributed by atoms with Crippen LogP contribution in [-0.2, 0) is 9.53 Å². The van der Waals surface area contributed by atoms with Crippen molar-refractivity contribution in [2.24, 2.45) is 46.3 Å². The number of halogens is 1. The van der Waals surface area contributed by atoms with Crippen molar-refractivity contribution in [1.82, 2.24) is 0 Å². The Morgan fingerprint density at radius 2 is 1.82 bits per heavy atom. The molecule has 0 aromatic carbocycles. The average Bonchev–Trinajstić information content (AvgIpc) is 3.11. The summed E-state index contributed by atoms with van der Waals surface area (Å²) in [5.41, 5.74) is 2.49. The molecule has 4 rings (SSSR count). The molecule has 4 aliphatic carbocycles. The minimum atomic E-state index is -0.213. The summed E-state index contributed by atoms with van der Waals surface area (Å²) in [4.78, 5) is 11.9. The quantitative estimate of drug-likeness (QED) is 0.190. The summed E-state index contributed by atoms with van der Waals surface area (Å²) in [6.07, 6.45) is 17.1. The van der Waals surface area contributed by atoms with Gasteiger partial charge in [-0.1, -0.05) is 81.5 Å². The summed E-state index contributed by atoms with van der Waals surface area (Å²) in [7, 11) is 0. The number of rotatable bonds is 7. The lowest BCUT2D eigenvalue weighted by Gasteiger charge is -2.58. The highest BCUT2D eigenvalue weighted by molar-refractivity contribution is 9.10. The number of alkyl halides is 1. The Morgan fingerprint density at radius 1 is 1.06 bits per heavy atom. The van der Waals surface area contributed by atoms with Crippen LogP contribution in [0.15, 0.2) is 11.6 Å². The number of esters is 1. The van der Waals surface area contributed by atoms with Crippen molar-refractivity contribution < 1.29 is 9.53 Å². The summed E-state index contributed by atoms with van der Waals surface area (Å²) in [5, 5.41) is 0. The zero-order valence-electron chi connectivity index (χ0n) is 22.2. The van der Waals surface area contributed by atoms with E-state index >= 15 is 0 Å². The number of ether oxygens (including phenoxy) is 1. The molecule has 33 heavy (non-hydrogen) atoms. The van der Waals surface area contributed by atoms with E-state index in [2.05, 4.69) is 56.6 Å². The molecule has 3 saturated carbocycles. The van der Waals surface area contributed by atoms with Gasteiger partial charge in [-0.05, 0) is 98.2 Å². The van der Waals surface area contributed by atoms with E-state index < -0.39 is 0 Å². The Labute approximate surface area is 212 Å². The first-order chi connectivity index (χ1) is 15.6. The lowest BCUT2D eigenvalue weighted by atomic mass is 9.47. The molecule has 0 saturated heterocycles. The molecule has 0 heterocycles. The highest BCUT2D eigenvalue weighted by Crippen LogP contribution is 2.67. The van der Waals surface area contributed by atoms with Gasteiger partial charge in [-0.15, -0.1) is 0 Å². The van der Waals surface area contributed by atoms with Gasteiger partial charge < -0.3 is 4.74 Å². The van der Waals surface area contributed by atoms with Crippen molar-refractivity contribution in [2.45, 2.75) is 123 Å². The molecule has 9 unspecified atom stereocenters. The maximum atomic E-state index is 12.1. The fraction of sp³-hybridized carbons (Fsp3) is 0.900. The van der Waals surface area contributed by atoms with E-state index in [9.17, 15) is 4.79 Å². The van der Waals surface area contributed by atoms with Gasteiger partial charge in [-0.3, -0.25) is 4.79 Å². The molecule has 4 aliphatic rings. The molecule has 2 nitrogen and oxygen atoms in total. The molecule has 0 aromatic heterocycles. The van der Waals surface area contributed by atoms with E-state index in [-0.39, 0.29) is 16.9 Å². The van der Waals surface area contributed by atoms with Gasteiger partial charge in [0.15, 0.2) is 0 Å². The van der Waals surface area contributed by atoms with E-state index in [4.69, 9.17) is 4.74 Å². The van der Waals surface area contributed by atoms with Crippen LogP contribution in [0.4, 0.5) is 0 Å². The Kier molecular flexibility index (Phi) is 7.79. The maximum Gasteiger partial charge on any atom is 0.319 e. The molecule has 0 spiro atoms. The van der Waals surface area contributed by atoms with Gasteiger partial charge in [0.25, 0.3) is 0 Å². The van der Waals surface area contributed by atoms with E-state index in [1.165, 1.54) is 57.8 Å². The molecule has 0 aromatic rings. The predicted octanol–water partition coefficient (Wildman–Crippen LogP) is 8.72. The highest BCUT2D eigenvalue weighted by atomic mass is 79.9. The van der Waals surface area contributed by atoms with Crippen molar-refractivity contribution in [3.8, 4) is 0 Å². The molecule has 3 heteroatoms. The molecule has 3 fully saturated rings. The minimum Gasteiger partial charge on any atom is -0.461 e. The van der Waals surface area contributed by atoms with Crippen LogP contribution in [0.25, 0.3) is 0 Å². The van der Waals surface area contributed by atoms with Gasteiger partial charge >= 0.3 is 5.97 Å². The van der Waals surface area contributed by atoms with E-state index in [1.54, 1.807) is 5.57 Å². The average molecular weight is 522 g/mol. The first-order valence-electron chi connectivity index (χ1n) is 14.1. The summed E-state index contributed by atoms with van der Waals surface area (Å²) >= 11 is 3.37. The molecule has 188 valence electrons. The summed E-state index contributed by atoms with van der Waals surface area (Å²) in [5.74, 6) is 5.14. The number of hydrogen-bond acceptors (Lipinski definition) is 2. The SMILES string of the molecule is CC(C)CCCC(C)C1CCC2C3CC=C4CC(OC(=O)C(C)Br)CCC4(C)C3CCC12C. The number of hydrogen-bond donors (Lipinski definition) is 0. The second kappa shape index (κ2) is 9.98. The number of carbonyl (C=O) groups is 1. The molecular formula is C30H49BrO2. The van der Waals surface area contributed by atoms with E-state index in [0.717, 1.165) is 48.3 Å². The lowest BCUT2D eigenvalue weighted by Crippen LogP contribution is -2.51. The third-order valence-electron chi connectivity index (χ3n) is 10.9. The number of fused-ring (bicyclic) bond motifs is 5. The van der Waals surface area contributed by atoms with Crippen LogP contribution in [0, 0.1) is 46.3 Å². The fourth-order valence-electron chi connectivity index (χ4n) is 9.01. The van der Waals surface area contributed by atoms with Crippen molar-refractivity contribution in [3.05, 3.63) is 11.6 Å². The van der Waals surface area contributed by atoms with Gasteiger partial charge in [0.1, 0.15) is 10.9 Å². The number of carbonyl (C=O) groups excluding carboxylic acids is 1. The van der Waals surface area contributed by atoms with Gasteiger partial charge in [-0.25, -0.2) is 0 Å². The molecule has 0 radical (unpaired) electrons. The van der Waals surface area contributed by atoms with Crippen LogP contribution in [-0.4, -0.2) is 16.9 Å². The first kappa shape index (κ1) is 25.8. The lowest BCUT2D eigenvalue weighted by molar-refractivity contribution is -0.150. The second-order valence-corrected chi connectivity index (χ2v) is 14.6. The fourth-order valence-corrected chi connectivity index (χ4v) is 9.12. The Balaban J connectivity index is 1.45. The standard InChI is InChI=1S/C30H49BrO2/c1-19(2)8-7-9-20(3)25-12-13-26-24-11-10-22-18-23(33-28(32)21(4)31)14-16-29(22,5)27(24)15-17-30(25,26)6/h10,19-21,23-27H,7-9,11-18H2,1-6H3. The van der Waals surface area contributed by atoms with Crippen LogP contribution in [0.5, 0.6) is 0 Å². The maximum absolute atomic E-state index is 12.1. The Hall–Kier alpha value is -0.310. The zero-order chi connectivity index (χ0) is 24.0. The molecular weight excluding hydrogens is 472 g/mol. The molecule has 0 bridgehead atoms. The molecule has 0 amide bonds. The van der Waals surface area contributed by atoms with Gasteiger partial charge in [-0.2, -0.15) is 0 Å². The summed E-state index contributed by atoms with van der Waals surface area (Å²) in [6.45, 7) is 14.4. The van der Waals surface area contributed by atoms with Crippen LogP contribution in [0.2, 0.25) is 0 Å². The van der Waals surface area contributed by atoms with E-state index in [1.807, 2.05) is 6.92 Å². The molecule has 0 N–H and O–H groups in total. The van der Waals surface area contributed by atoms with Gasteiger partial charge in [0, 0.05) is 6.42 Å². The van der Waals surface area contributed by atoms with Gasteiger partial charge in [0.05, 0.1) is 0 Å². The normalized spacial score (nSPS) is 42.1. The summed E-state index contributed by atoms with van der Waals surface area (Å²) in [6, 6.07) is 0. The minimum absolute atomic E-state index is 0.0739. The first-order valence-corrected chi connectivity index (χ1v) is 15.0. The molecule has 0 aliphatic heterocycles. The monoisotopic (exact) mass is 520 g/mol. The third-order valence-corrected chi connectivity index (χ3v) is 11.2. The van der Waals surface area contributed by atoms with Crippen LogP contribution in [0.3, 0.4) is 0 Å². The predicted molar refractivity (Wildman–Crippen MR) is 141 cm³/mol. The topological polar surface area (TPSA) is 26.3 Å². The second-order valence-electron chi connectivity index (χ2n) is 13.2. The largest absolute Gasteiger partial charge is 0.461 e. The van der Waals surface area contributed by atoms with Crippen LogP contribution >= 0.6 is 15.9 Å². The van der Waals surface area contributed by atoms with Crippen molar-refractivity contribution in [1.29, 1.82) is 0 Å². The van der Waals surface area contributed by atoms with Crippen molar-refractivity contribution in [2.75, 3.05) is 0 Å². The van der Waals surface area contributed by atoms with Crippen LogP contribution < -0.4 is 0 Å². The van der Waals surface area contributed by atoms with Crippen LogP contribution in [0.1, 0.15) is 112 Å². The summed E-state index contributed by atoms with van der Waals surface area (Å²) < 4.78 is 5.83. The Morgan fingerprint density at radius 3 is 2.52 bits per heavy atom. The Bertz CT molecular complexity index is 742. The smallest absolute Gasteiger partial charge is 0.319 e. The third kappa shape index (κ3) is 4.88. The number of allylic oxidation sites excluding steroid dienone is 1. The van der Waals surface area contributed by atoms with Crippen molar-refractivity contribution in [3.63, 3.8) is 0 Å².